The molecule has 2 fully saturated rings. The van der Waals surface area contributed by atoms with Crippen molar-refractivity contribution >= 4 is 5.78 Å². The first-order chi connectivity index (χ1) is 7.91. The Kier molecular flexibility index (Phi) is 3.03. The number of hydrogen-bond donors (Lipinski definition) is 1. The molecule has 0 radical (unpaired) electrons. The molecule has 0 saturated heterocycles. The monoisotopic (exact) mass is 235 g/mol. The molecule has 1 N–H and O–H groups in total. The van der Waals surface area contributed by atoms with Gasteiger partial charge < -0.3 is 5.11 Å². The van der Waals surface area contributed by atoms with Gasteiger partial charge in [-0.1, -0.05) is 13.8 Å². The first kappa shape index (κ1) is 12.6. The van der Waals surface area contributed by atoms with Crippen LogP contribution >= 0.6 is 0 Å². The summed E-state index contributed by atoms with van der Waals surface area (Å²) in [5, 5.41) is 19.3. The molecular weight excluding hydrogens is 214 g/mol. The van der Waals surface area contributed by atoms with Gasteiger partial charge in [-0.15, -0.1) is 0 Å². The molecule has 0 amide bonds. The van der Waals surface area contributed by atoms with Crippen LogP contribution in [-0.2, 0) is 4.79 Å². The molecule has 94 valence electrons. The average Bonchev–Trinajstić information content (AvgIpc) is 2.53. The third-order valence-corrected chi connectivity index (χ3v) is 5.14. The van der Waals surface area contributed by atoms with Gasteiger partial charge in [0.05, 0.1) is 23.5 Å². The number of nitriles is 1. The van der Waals surface area contributed by atoms with Gasteiger partial charge in [0, 0.05) is 6.42 Å². The van der Waals surface area contributed by atoms with Crippen molar-refractivity contribution in [1.82, 2.24) is 0 Å². The van der Waals surface area contributed by atoms with E-state index in [1.165, 1.54) is 0 Å². The largest absolute Gasteiger partial charge is 0.392 e. The molecule has 2 rings (SSSR count). The second-order valence-corrected chi connectivity index (χ2v) is 6.24. The van der Waals surface area contributed by atoms with Crippen molar-refractivity contribution in [3.8, 4) is 6.07 Å². The molecule has 0 aromatic carbocycles. The number of aliphatic hydroxyl groups excluding tert-OH is 1. The Hall–Kier alpha value is -0.880. The Bertz CT molecular complexity index is 371. The van der Waals surface area contributed by atoms with E-state index in [9.17, 15) is 15.2 Å². The summed E-state index contributed by atoms with van der Waals surface area (Å²) in [5.41, 5.74) is -0.661. The van der Waals surface area contributed by atoms with Gasteiger partial charge in [-0.3, -0.25) is 4.79 Å². The van der Waals surface area contributed by atoms with E-state index >= 15 is 0 Å². The van der Waals surface area contributed by atoms with Crippen molar-refractivity contribution in [1.29, 1.82) is 5.26 Å². The minimum absolute atomic E-state index is 0.0520. The van der Waals surface area contributed by atoms with E-state index in [1.807, 2.05) is 6.92 Å². The lowest BCUT2D eigenvalue weighted by atomic mass is 9.61. The van der Waals surface area contributed by atoms with Crippen molar-refractivity contribution < 1.29 is 9.90 Å². The number of carbonyl (C=O) groups is 1. The Morgan fingerprint density at radius 1 is 1.47 bits per heavy atom. The van der Waals surface area contributed by atoms with Crippen LogP contribution in [0.1, 0.15) is 40.0 Å². The van der Waals surface area contributed by atoms with Crippen LogP contribution in [0.4, 0.5) is 0 Å². The molecule has 0 bridgehead atoms. The summed E-state index contributed by atoms with van der Waals surface area (Å²) in [6.07, 6.45) is 1.32. The van der Waals surface area contributed by atoms with Gasteiger partial charge in [0.25, 0.3) is 0 Å². The predicted molar refractivity (Wildman–Crippen MR) is 63.9 cm³/mol. The number of rotatable bonds is 1. The van der Waals surface area contributed by atoms with E-state index in [1.54, 1.807) is 0 Å². The van der Waals surface area contributed by atoms with Crippen molar-refractivity contribution in [3.05, 3.63) is 0 Å². The minimum Gasteiger partial charge on any atom is -0.392 e. The maximum atomic E-state index is 12.3. The van der Waals surface area contributed by atoms with Gasteiger partial charge in [-0.25, -0.2) is 0 Å². The zero-order valence-corrected chi connectivity index (χ0v) is 10.8. The number of nitrogens with zero attached hydrogens (tertiary/aromatic N) is 1. The highest BCUT2D eigenvalue weighted by Crippen LogP contribution is 2.55. The summed E-state index contributed by atoms with van der Waals surface area (Å²) in [6.45, 7) is 6.12. The van der Waals surface area contributed by atoms with E-state index in [-0.39, 0.29) is 17.6 Å². The van der Waals surface area contributed by atoms with Crippen LogP contribution in [0.15, 0.2) is 0 Å². The molecule has 0 heterocycles. The van der Waals surface area contributed by atoms with Crippen molar-refractivity contribution in [3.63, 3.8) is 0 Å². The normalized spacial score (nSPS) is 45.8. The maximum Gasteiger partial charge on any atom is 0.141 e. The zero-order valence-electron chi connectivity index (χ0n) is 10.8. The van der Waals surface area contributed by atoms with Crippen molar-refractivity contribution in [2.24, 2.45) is 29.1 Å². The van der Waals surface area contributed by atoms with Crippen LogP contribution in [0.2, 0.25) is 0 Å². The van der Waals surface area contributed by atoms with Crippen LogP contribution in [0, 0.1) is 40.4 Å². The quantitative estimate of drug-likeness (QED) is 0.757. The summed E-state index contributed by atoms with van der Waals surface area (Å²) in [5.74, 6) is 0.914. The average molecular weight is 235 g/mol. The molecule has 0 unspecified atom stereocenters. The van der Waals surface area contributed by atoms with Crippen molar-refractivity contribution in [2.75, 3.05) is 0 Å². The molecule has 0 aliphatic heterocycles. The Morgan fingerprint density at radius 2 is 2.12 bits per heavy atom. The van der Waals surface area contributed by atoms with E-state index in [2.05, 4.69) is 19.9 Å². The van der Waals surface area contributed by atoms with E-state index < -0.39 is 11.5 Å². The minimum atomic E-state index is -0.661. The smallest absolute Gasteiger partial charge is 0.141 e. The second kappa shape index (κ2) is 4.10. The number of fused-ring (bicyclic) bond motifs is 1. The van der Waals surface area contributed by atoms with Crippen LogP contribution in [0.5, 0.6) is 0 Å². The van der Waals surface area contributed by atoms with Gasteiger partial charge in [0.2, 0.25) is 0 Å². The molecule has 17 heavy (non-hydrogen) atoms. The standard InChI is InChI=1S/C14H21NO2/c1-8(2)9-4-11-10(7-15)6-13(17)14(11,3)12(16)5-9/h8-11,13,17H,4-6H2,1-3H3/t9-,10+,11+,13+,14-/m1/s1. The number of Topliss-reactive ketones (excluding diaryl/α,β-unsaturated/α-hetero) is 1. The van der Waals surface area contributed by atoms with Crippen LogP contribution in [-0.4, -0.2) is 17.0 Å². The third-order valence-electron chi connectivity index (χ3n) is 5.14. The first-order valence-corrected chi connectivity index (χ1v) is 6.52. The lowest BCUT2D eigenvalue weighted by Crippen LogP contribution is -2.47. The number of hydrogen-bond acceptors (Lipinski definition) is 3. The van der Waals surface area contributed by atoms with E-state index in [4.69, 9.17) is 0 Å². The fraction of sp³-hybridized carbons (Fsp3) is 0.857. The number of carbonyl (C=O) groups excluding carboxylic acids is 1. The Labute approximate surface area is 103 Å². The van der Waals surface area contributed by atoms with Gasteiger partial charge in [-0.2, -0.15) is 5.26 Å². The summed E-state index contributed by atoms with van der Waals surface area (Å²) < 4.78 is 0. The van der Waals surface area contributed by atoms with E-state index in [0.29, 0.717) is 24.7 Å². The van der Waals surface area contributed by atoms with Crippen LogP contribution < -0.4 is 0 Å². The highest BCUT2D eigenvalue weighted by atomic mass is 16.3. The SMILES string of the molecule is CC(C)[C@H]1CC(=O)[C@]2(C)[C@@H](O)C[C@@H](C#N)[C@@H]2C1. The zero-order chi connectivity index (χ0) is 12.8. The van der Waals surface area contributed by atoms with Gasteiger partial charge >= 0.3 is 0 Å². The molecular formula is C14H21NO2. The molecule has 0 aromatic rings. The summed E-state index contributed by atoms with van der Waals surface area (Å²) >= 11 is 0. The number of aliphatic hydroxyl groups is 1. The maximum absolute atomic E-state index is 12.3. The lowest BCUT2D eigenvalue weighted by molar-refractivity contribution is -0.142. The predicted octanol–water partition coefficient (Wildman–Crippen LogP) is 2.15. The Balaban J connectivity index is 2.31. The van der Waals surface area contributed by atoms with Crippen molar-refractivity contribution in [2.45, 2.75) is 46.1 Å². The highest BCUT2D eigenvalue weighted by molar-refractivity contribution is 5.87. The molecule has 2 saturated carbocycles. The topological polar surface area (TPSA) is 61.1 Å². The number of ketones is 1. The molecule has 0 aromatic heterocycles. The molecule has 2 aliphatic rings. The lowest BCUT2D eigenvalue weighted by Gasteiger charge is -2.42. The first-order valence-electron chi connectivity index (χ1n) is 6.52. The third kappa shape index (κ3) is 1.70. The highest BCUT2D eigenvalue weighted by Gasteiger charge is 2.58. The van der Waals surface area contributed by atoms with E-state index in [0.717, 1.165) is 6.42 Å². The molecule has 5 atom stereocenters. The summed E-state index contributed by atoms with van der Waals surface area (Å²) in [6, 6.07) is 2.29. The Morgan fingerprint density at radius 3 is 2.65 bits per heavy atom. The molecule has 3 nitrogen and oxygen atoms in total. The van der Waals surface area contributed by atoms with Gasteiger partial charge in [-0.05, 0) is 37.5 Å². The van der Waals surface area contributed by atoms with Gasteiger partial charge in [0.15, 0.2) is 0 Å². The molecule has 2 aliphatic carbocycles. The molecule has 3 heteroatoms. The molecule has 0 spiro atoms. The van der Waals surface area contributed by atoms with Crippen LogP contribution in [0.25, 0.3) is 0 Å². The summed E-state index contributed by atoms with van der Waals surface area (Å²) in [4.78, 5) is 12.3. The second-order valence-electron chi connectivity index (χ2n) is 6.24. The fourth-order valence-electron chi connectivity index (χ4n) is 3.63. The summed E-state index contributed by atoms with van der Waals surface area (Å²) in [7, 11) is 0. The van der Waals surface area contributed by atoms with Crippen LogP contribution in [0.3, 0.4) is 0 Å². The van der Waals surface area contributed by atoms with Gasteiger partial charge in [0.1, 0.15) is 5.78 Å². The fourth-order valence-corrected chi connectivity index (χ4v) is 3.63.